The topological polar surface area (TPSA) is 32.7 Å². The quantitative estimate of drug-likeness (QED) is 0.801. The van der Waals surface area contributed by atoms with Crippen LogP contribution < -0.4 is 4.74 Å². The molecular weight excluding hydrogens is 190 g/mol. The highest BCUT2D eigenvalue weighted by molar-refractivity contribution is 5.28. The molecule has 1 aromatic carbocycles. The molecule has 0 saturated carbocycles. The normalized spacial score (nSPS) is 12.9. The van der Waals surface area contributed by atoms with Crippen LogP contribution in [0.25, 0.3) is 0 Å². The lowest BCUT2D eigenvalue weighted by Gasteiger charge is -2.11. The maximum Gasteiger partial charge on any atom is 0.119 e. The first kappa shape index (κ1) is 12.0. The summed E-state index contributed by atoms with van der Waals surface area (Å²) >= 11 is 0. The fourth-order valence-electron chi connectivity index (χ4n) is 1.19. The van der Waals surface area contributed by atoms with Crippen molar-refractivity contribution in [3.05, 3.63) is 29.8 Å². The Kier molecular flexibility index (Phi) is 4.59. The molecule has 1 aromatic rings. The molecular formula is C12H19NO2. The molecule has 0 heterocycles. The predicted octanol–water partition coefficient (Wildman–Crippen LogP) is 1.68. The highest BCUT2D eigenvalue weighted by Crippen LogP contribution is 2.16. The second kappa shape index (κ2) is 5.73. The third kappa shape index (κ3) is 4.32. The Morgan fingerprint density at radius 1 is 1.27 bits per heavy atom. The molecule has 0 fully saturated rings. The number of hydrogen-bond acceptors (Lipinski definition) is 3. The van der Waals surface area contributed by atoms with Gasteiger partial charge in [-0.15, -0.1) is 0 Å². The fraction of sp³-hybridized carbons (Fsp3) is 0.500. The zero-order chi connectivity index (χ0) is 11.3. The molecule has 0 amide bonds. The monoisotopic (exact) mass is 209 g/mol. The molecule has 1 N–H and O–H groups in total. The first-order valence-corrected chi connectivity index (χ1v) is 5.15. The van der Waals surface area contributed by atoms with Crippen molar-refractivity contribution in [2.24, 2.45) is 0 Å². The lowest BCUT2D eigenvalue weighted by molar-refractivity contribution is 0.199. The van der Waals surface area contributed by atoms with Crippen LogP contribution in [0, 0.1) is 0 Å². The number of nitrogens with zero attached hydrogens (tertiary/aromatic N) is 1. The standard InChI is InChI=1S/C12H19NO2/c1-10(14)11-4-6-12(7-5-11)15-9-8-13(2)3/h4-7,10,14H,8-9H2,1-3H3/t10-/m1/s1. The van der Waals surface area contributed by atoms with Crippen LogP contribution in [0.2, 0.25) is 0 Å². The number of ether oxygens (including phenoxy) is 1. The molecule has 15 heavy (non-hydrogen) atoms. The van der Waals surface area contributed by atoms with Crippen LogP contribution in [0.1, 0.15) is 18.6 Å². The molecule has 0 bridgehead atoms. The van der Waals surface area contributed by atoms with Crippen LogP contribution in [0.4, 0.5) is 0 Å². The van der Waals surface area contributed by atoms with E-state index in [1.165, 1.54) is 0 Å². The average Bonchev–Trinajstić information content (AvgIpc) is 2.18. The molecule has 0 aromatic heterocycles. The Labute approximate surface area is 91.3 Å². The molecule has 0 aliphatic heterocycles. The van der Waals surface area contributed by atoms with E-state index in [9.17, 15) is 5.11 Å². The molecule has 0 radical (unpaired) electrons. The van der Waals surface area contributed by atoms with Gasteiger partial charge in [-0.05, 0) is 38.7 Å². The smallest absolute Gasteiger partial charge is 0.119 e. The molecule has 84 valence electrons. The third-order valence-corrected chi connectivity index (χ3v) is 2.17. The molecule has 0 spiro atoms. The van der Waals surface area contributed by atoms with E-state index in [-0.39, 0.29) is 0 Å². The van der Waals surface area contributed by atoms with Crippen LogP contribution in [0.15, 0.2) is 24.3 Å². The van der Waals surface area contributed by atoms with Crippen LogP contribution in [-0.2, 0) is 0 Å². The van der Waals surface area contributed by atoms with Crippen molar-refractivity contribution in [2.75, 3.05) is 27.2 Å². The highest BCUT2D eigenvalue weighted by Gasteiger charge is 2.00. The van der Waals surface area contributed by atoms with E-state index in [2.05, 4.69) is 4.90 Å². The summed E-state index contributed by atoms with van der Waals surface area (Å²) in [5.41, 5.74) is 0.912. The van der Waals surface area contributed by atoms with Crippen molar-refractivity contribution >= 4 is 0 Å². The van der Waals surface area contributed by atoms with Crippen LogP contribution >= 0.6 is 0 Å². The summed E-state index contributed by atoms with van der Waals surface area (Å²) in [6, 6.07) is 7.54. The fourth-order valence-corrected chi connectivity index (χ4v) is 1.19. The van der Waals surface area contributed by atoms with Gasteiger partial charge in [-0.3, -0.25) is 0 Å². The molecule has 3 nitrogen and oxygen atoms in total. The molecule has 1 atom stereocenters. The van der Waals surface area contributed by atoms with Gasteiger partial charge in [0, 0.05) is 6.54 Å². The van der Waals surface area contributed by atoms with Crippen molar-refractivity contribution < 1.29 is 9.84 Å². The van der Waals surface area contributed by atoms with Gasteiger partial charge in [0.25, 0.3) is 0 Å². The Bertz CT molecular complexity index is 280. The van der Waals surface area contributed by atoms with Gasteiger partial charge in [-0.25, -0.2) is 0 Å². The van der Waals surface area contributed by atoms with Crippen LogP contribution in [0.3, 0.4) is 0 Å². The zero-order valence-electron chi connectivity index (χ0n) is 9.60. The van der Waals surface area contributed by atoms with Gasteiger partial charge in [0.2, 0.25) is 0 Å². The van der Waals surface area contributed by atoms with Crippen molar-refractivity contribution in [1.82, 2.24) is 4.90 Å². The maximum absolute atomic E-state index is 9.32. The number of hydrogen-bond donors (Lipinski definition) is 1. The Hall–Kier alpha value is -1.06. The van der Waals surface area contributed by atoms with E-state index in [0.717, 1.165) is 17.9 Å². The highest BCUT2D eigenvalue weighted by atomic mass is 16.5. The Balaban J connectivity index is 2.43. The van der Waals surface area contributed by atoms with Gasteiger partial charge in [-0.2, -0.15) is 0 Å². The van der Waals surface area contributed by atoms with E-state index >= 15 is 0 Å². The van der Waals surface area contributed by atoms with E-state index in [1.807, 2.05) is 38.4 Å². The summed E-state index contributed by atoms with van der Waals surface area (Å²) in [5.74, 6) is 0.848. The summed E-state index contributed by atoms with van der Waals surface area (Å²) in [7, 11) is 4.03. The third-order valence-electron chi connectivity index (χ3n) is 2.17. The van der Waals surface area contributed by atoms with Crippen LogP contribution in [-0.4, -0.2) is 37.3 Å². The minimum atomic E-state index is -0.416. The molecule has 0 aliphatic rings. The zero-order valence-corrected chi connectivity index (χ0v) is 9.60. The summed E-state index contributed by atoms with van der Waals surface area (Å²) in [5, 5.41) is 9.32. The molecule has 1 rings (SSSR count). The van der Waals surface area contributed by atoms with Crippen molar-refractivity contribution in [3.8, 4) is 5.75 Å². The van der Waals surface area contributed by atoms with Crippen molar-refractivity contribution in [3.63, 3.8) is 0 Å². The van der Waals surface area contributed by atoms with Crippen molar-refractivity contribution in [1.29, 1.82) is 0 Å². The van der Waals surface area contributed by atoms with E-state index in [4.69, 9.17) is 4.74 Å². The van der Waals surface area contributed by atoms with E-state index in [1.54, 1.807) is 6.92 Å². The average molecular weight is 209 g/mol. The maximum atomic E-state index is 9.32. The number of likely N-dealkylation sites (N-methyl/N-ethyl adjacent to an activating group) is 1. The SMILES string of the molecule is C[C@@H](O)c1ccc(OCCN(C)C)cc1. The molecule has 0 unspecified atom stereocenters. The lowest BCUT2D eigenvalue weighted by Crippen LogP contribution is -2.19. The number of rotatable bonds is 5. The minimum Gasteiger partial charge on any atom is -0.492 e. The molecule has 0 saturated heterocycles. The summed E-state index contributed by atoms with van der Waals surface area (Å²) in [6.45, 7) is 3.33. The summed E-state index contributed by atoms with van der Waals surface area (Å²) in [6.07, 6.45) is -0.416. The van der Waals surface area contributed by atoms with Gasteiger partial charge in [0.1, 0.15) is 12.4 Å². The minimum absolute atomic E-state index is 0.416. The Morgan fingerprint density at radius 2 is 1.87 bits per heavy atom. The van der Waals surface area contributed by atoms with Gasteiger partial charge >= 0.3 is 0 Å². The molecule has 3 heteroatoms. The predicted molar refractivity (Wildman–Crippen MR) is 61.1 cm³/mol. The summed E-state index contributed by atoms with van der Waals surface area (Å²) < 4.78 is 5.53. The second-order valence-corrected chi connectivity index (χ2v) is 3.90. The van der Waals surface area contributed by atoms with E-state index in [0.29, 0.717) is 6.61 Å². The van der Waals surface area contributed by atoms with Gasteiger partial charge < -0.3 is 14.7 Å². The number of aliphatic hydroxyl groups excluding tert-OH is 1. The van der Waals surface area contributed by atoms with Gasteiger partial charge in [-0.1, -0.05) is 12.1 Å². The summed E-state index contributed by atoms with van der Waals surface area (Å²) in [4.78, 5) is 2.07. The van der Waals surface area contributed by atoms with Gasteiger partial charge in [0.15, 0.2) is 0 Å². The van der Waals surface area contributed by atoms with E-state index < -0.39 is 6.10 Å². The lowest BCUT2D eigenvalue weighted by atomic mass is 10.1. The van der Waals surface area contributed by atoms with Crippen LogP contribution in [0.5, 0.6) is 5.75 Å². The molecule has 0 aliphatic carbocycles. The van der Waals surface area contributed by atoms with Crippen molar-refractivity contribution in [2.45, 2.75) is 13.0 Å². The number of aliphatic hydroxyl groups is 1. The first-order chi connectivity index (χ1) is 7.09. The van der Waals surface area contributed by atoms with Gasteiger partial charge in [0.05, 0.1) is 6.10 Å². The first-order valence-electron chi connectivity index (χ1n) is 5.15. The largest absolute Gasteiger partial charge is 0.492 e. The number of benzene rings is 1. The Morgan fingerprint density at radius 3 is 2.33 bits per heavy atom. The second-order valence-electron chi connectivity index (χ2n) is 3.90.